The van der Waals surface area contributed by atoms with E-state index in [9.17, 15) is 4.79 Å². The van der Waals surface area contributed by atoms with Crippen LogP contribution in [-0.4, -0.2) is 10.9 Å². The minimum absolute atomic E-state index is 0.0927. The van der Waals surface area contributed by atoms with Gasteiger partial charge >= 0.3 is 0 Å². The molecule has 2 rings (SSSR count). The molecule has 1 atom stereocenters. The van der Waals surface area contributed by atoms with Crippen molar-refractivity contribution in [3.8, 4) is 0 Å². The molecule has 0 radical (unpaired) electrons. The second kappa shape index (κ2) is 7.29. The lowest BCUT2D eigenvalue weighted by Gasteiger charge is -2.39. The van der Waals surface area contributed by atoms with Gasteiger partial charge in [0.1, 0.15) is 11.9 Å². The molecule has 2 N–H and O–H groups in total. The highest BCUT2D eigenvalue weighted by Crippen LogP contribution is 2.26. The zero-order valence-corrected chi connectivity index (χ0v) is 14.1. The van der Waals surface area contributed by atoms with Gasteiger partial charge in [0.25, 0.3) is 5.91 Å². The van der Waals surface area contributed by atoms with Crippen molar-refractivity contribution in [1.29, 1.82) is 0 Å². The molecule has 122 valence electrons. The van der Waals surface area contributed by atoms with Crippen LogP contribution in [0.15, 0.2) is 54.4 Å². The highest BCUT2D eigenvalue weighted by atomic mass is 16.2. The third-order valence-electron chi connectivity index (χ3n) is 3.83. The van der Waals surface area contributed by atoms with Gasteiger partial charge in [0.05, 0.1) is 0 Å². The van der Waals surface area contributed by atoms with Gasteiger partial charge in [-0.15, -0.1) is 0 Å². The molecule has 1 aliphatic heterocycles. The summed E-state index contributed by atoms with van der Waals surface area (Å²) in [5.41, 5.74) is 7.82. The molecule has 1 aromatic carbocycles. The molecule has 1 unspecified atom stereocenters. The minimum atomic E-state index is -0.312. The normalized spacial score (nSPS) is 17.7. The van der Waals surface area contributed by atoms with Crippen molar-refractivity contribution >= 4 is 12.0 Å². The Kier molecular flexibility index (Phi) is 5.40. The second-order valence-corrected chi connectivity index (χ2v) is 5.87. The largest absolute Gasteiger partial charge is 0.330 e. The third-order valence-corrected chi connectivity index (χ3v) is 3.83. The molecule has 1 heterocycles. The number of amides is 1. The summed E-state index contributed by atoms with van der Waals surface area (Å²) in [6.45, 7) is 13.9. The number of nitrogens with one attached hydrogen (secondary N) is 2. The summed E-state index contributed by atoms with van der Waals surface area (Å²) < 4.78 is 0. The Bertz CT molecular complexity index is 656. The first-order valence-electron chi connectivity index (χ1n) is 7.93. The van der Waals surface area contributed by atoms with E-state index in [1.807, 2.05) is 43.1 Å². The third kappa shape index (κ3) is 3.54. The van der Waals surface area contributed by atoms with Gasteiger partial charge in [-0.2, -0.15) is 0 Å². The zero-order valence-electron chi connectivity index (χ0n) is 14.1. The first kappa shape index (κ1) is 17.0. The van der Waals surface area contributed by atoms with Gasteiger partial charge in [-0.05, 0) is 37.0 Å². The SMILES string of the molecule is C=Cc1ccccc1C1NC(=O)C(=C(C)C)N(C(=C)CCC)N1. The van der Waals surface area contributed by atoms with Crippen LogP contribution < -0.4 is 10.7 Å². The summed E-state index contributed by atoms with van der Waals surface area (Å²) >= 11 is 0. The molecule has 1 fully saturated rings. The molecule has 0 saturated carbocycles. The average molecular weight is 311 g/mol. The van der Waals surface area contributed by atoms with Gasteiger partial charge in [0.2, 0.25) is 0 Å². The quantitative estimate of drug-likeness (QED) is 0.811. The lowest BCUT2D eigenvalue weighted by molar-refractivity contribution is -0.123. The van der Waals surface area contributed by atoms with Crippen molar-refractivity contribution < 1.29 is 4.79 Å². The summed E-state index contributed by atoms with van der Waals surface area (Å²) in [4.78, 5) is 12.6. The van der Waals surface area contributed by atoms with E-state index in [-0.39, 0.29) is 12.1 Å². The number of carbonyl (C=O) groups excluding carboxylic acids is 1. The monoisotopic (exact) mass is 311 g/mol. The Balaban J connectivity index is 2.40. The molecule has 4 nitrogen and oxygen atoms in total. The van der Waals surface area contributed by atoms with Gasteiger partial charge in [0, 0.05) is 5.70 Å². The van der Waals surface area contributed by atoms with Crippen molar-refractivity contribution in [3.63, 3.8) is 0 Å². The smallest absolute Gasteiger partial charge is 0.270 e. The first-order valence-corrected chi connectivity index (χ1v) is 7.93. The molecular weight excluding hydrogens is 286 g/mol. The maximum absolute atomic E-state index is 12.6. The Labute approximate surface area is 138 Å². The standard InChI is InChI=1S/C19H25N3O/c1-6-10-14(5)22-17(13(3)4)19(23)20-18(21-22)16-12-9-8-11-15(16)7-2/h7-9,11-12,18,21H,2,5-6,10H2,1,3-4H3,(H,20,23). The lowest BCUT2D eigenvalue weighted by Crippen LogP contribution is -2.55. The molecular formula is C19H25N3O. The van der Waals surface area contributed by atoms with E-state index >= 15 is 0 Å². The van der Waals surface area contributed by atoms with E-state index in [0.717, 1.165) is 35.2 Å². The van der Waals surface area contributed by atoms with Gasteiger partial charge in [-0.3, -0.25) is 9.80 Å². The van der Waals surface area contributed by atoms with Crippen LogP contribution in [0.3, 0.4) is 0 Å². The first-order chi connectivity index (χ1) is 11.0. The van der Waals surface area contributed by atoms with E-state index in [0.29, 0.717) is 5.70 Å². The highest BCUT2D eigenvalue weighted by Gasteiger charge is 2.32. The topological polar surface area (TPSA) is 44.4 Å². The van der Waals surface area contributed by atoms with E-state index < -0.39 is 0 Å². The fourth-order valence-corrected chi connectivity index (χ4v) is 2.73. The predicted octanol–water partition coefficient (Wildman–Crippen LogP) is 3.87. The molecule has 23 heavy (non-hydrogen) atoms. The molecule has 0 bridgehead atoms. The van der Waals surface area contributed by atoms with Gasteiger partial charge in [0.15, 0.2) is 0 Å². The van der Waals surface area contributed by atoms with Crippen LogP contribution in [0.1, 0.15) is 50.9 Å². The van der Waals surface area contributed by atoms with Crippen LogP contribution in [0.4, 0.5) is 0 Å². The Morgan fingerprint density at radius 3 is 2.65 bits per heavy atom. The molecule has 0 aromatic heterocycles. The number of hydrazine groups is 1. The number of allylic oxidation sites excluding steroid dienone is 2. The number of hydrogen-bond donors (Lipinski definition) is 2. The lowest BCUT2D eigenvalue weighted by atomic mass is 10.0. The van der Waals surface area contributed by atoms with Crippen molar-refractivity contribution in [2.24, 2.45) is 0 Å². The average Bonchev–Trinajstić information content (AvgIpc) is 2.53. The maximum atomic E-state index is 12.6. The Hall–Kier alpha value is -2.33. The van der Waals surface area contributed by atoms with Crippen LogP contribution in [0.25, 0.3) is 6.08 Å². The fraction of sp³-hybridized carbons (Fsp3) is 0.316. The van der Waals surface area contributed by atoms with Crippen molar-refractivity contribution in [2.45, 2.75) is 39.8 Å². The Morgan fingerprint density at radius 2 is 2.04 bits per heavy atom. The molecule has 1 saturated heterocycles. The molecule has 0 spiro atoms. The van der Waals surface area contributed by atoms with Gasteiger partial charge in [-0.25, -0.2) is 5.43 Å². The van der Waals surface area contributed by atoms with Gasteiger partial charge < -0.3 is 5.32 Å². The summed E-state index contributed by atoms with van der Waals surface area (Å²) in [6.07, 6.45) is 3.29. The fourth-order valence-electron chi connectivity index (χ4n) is 2.73. The van der Waals surface area contributed by atoms with E-state index in [1.165, 1.54) is 0 Å². The number of benzene rings is 1. The van der Waals surface area contributed by atoms with Crippen LogP contribution in [-0.2, 0) is 4.79 Å². The minimum Gasteiger partial charge on any atom is -0.330 e. The van der Waals surface area contributed by atoms with E-state index in [4.69, 9.17) is 0 Å². The number of carbonyl (C=O) groups is 1. The summed E-state index contributed by atoms with van der Waals surface area (Å²) in [5, 5.41) is 4.86. The molecule has 1 aromatic rings. The van der Waals surface area contributed by atoms with E-state index in [1.54, 1.807) is 6.08 Å². The molecule has 0 aliphatic carbocycles. The highest BCUT2D eigenvalue weighted by molar-refractivity contribution is 5.94. The summed E-state index contributed by atoms with van der Waals surface area (Å²) in [7, 11) is 0. The van der Waals surface area contributed by atoms with E-state index in [2.05, 4.69) is 30.8 Å². The second-order valence-electron chi connectivity index (χ2n) is 5.87. The molecule has 1 amide bonds. The maximum Gasteiger partial charge on any atom is 0.270 e. The summed E-state index contributed by atoms with van der Waals surface area (Å²) in [6, 6.07) is 7.89. The Morgan fingerprint density at radius 1 is 1.35 bits per heavy atom. The zero-order chi connectivity index (χ0) is 17.0. The van der Waals surface area contributed by atoms with Crippen molar-refractivity contribution in [1.82, 2.24) is 15.8 Å². The number of hydrogen-bond acceptors (Lipinski definition) is 3. The van der Waals surface area contributed by atoms with Crippen LogP contribution in [0, 0.1) is 0 Å². The van der Waals surface area contributed by atoms with Gasteiger partial charge in [-0.1, -0.05) is 56.8 Å². The molecule has 4 heteroatoms. The number of nitrogens with zero attached hydrogens (tertiary/aromatic N) is 1. The van der Waals surface area contributed by atoms with Crippen LogP contribution in [0.2, 0.25) is 0 Å². The van der Waals surface area contributed by atoms with Crippen molar-refractivity contribution in [2.75, 3.05) is 0 Å². The molecule has 1 aliphatic rings. The van der Waals surface area contributed by atoms with Crippen LogP contribution in [0.5, 0.6) is 0 Å². The van der Waals surface area contributed by atoms with Crippen LogP contribution >= 0.6 is 0 Å². The predicted molar refractivity (Wildman–Crippen MR) is 94.8 cm³/mol. The number of rotatable bonds is 5. The van der Waals surface area contributed by atoms with Crippen molar-refractivity contribution in [3.05, 3.63) is 65.5 Å². The summed E-state index contributed by atoms with van der Waals surface area (Å²) in [5.74, 6) is -0.0927.